The van der Waals surface area contributed by atoms with Gasteiger partial charge in [-0.15, -0.1) is 11.3 Å². The Balaban J connectivity index is 1.44. The van der Waals surface area contributed by atoms with Gasteiger partial charge in [-0.3, -0.25) is 9.59 Å². The number of likely N-dealkylation sites (tertiary alicyclic amines) is 1. The Hall–Kier alpha value is -2.84. The van der Waals surface area contributed by atoms with Gasteiger partial charge < -0.3 is 15.5 Å². The van der Waals surface area contributed by atoms with Crippen molar-refractivity contribution in [1.82, 2.24) is 20.5 Å². The van der Waals surface area contributed by atoms with Crippen LogP contribution in [0.5, 0.6) is 0 Å². The van der Waals surface area contributed by atoms with Crippen molar-refractivity contribution in [3.05, 3.63) is 53.3 Å². The highest BCUT2D eigenvalue weighted by Crippen LogP contribution is 2.41. The third kappa shape index (κ3) is 5.41. The molecule has 0 unspecified atom stereocenters. The minimum absolute atomic E-state index is 0.0177. The zero-order valence-corrected chi connectivity index (χ0v) is 22.3. The summed E-state index contributed by atoms with van der Waals surface area (Å²) in [6.45, 7) is 2.49. The molecule has 3 atom stereocenters. The minimum atomic E-state index is -0.506. The molecule has 2 aliphatic rings. The van der Waals surface area contributed by atoms with Crippen LogP contribution in [0.4, 0.5) is 4.39 Å². The van der Waals surface area contributed by atoms with Crippen LogP contribution in [0, 0.1) is 11.7 Å². The zero-order chi connectivity index (χ0) is 25.9. The van der Waals surface area contributed by atoms with Crippen molar-refractivity contribution >= 4 is 33.4 Å². The summed E-state index contributed by atoms with van der Waals surface area (Å²) in [5.41, 5.74) is 2.85. The predicted octanol–water partition coefficient (Wildman–Crippen LogP) is 5.44. The highest BCUT2D eigenvalue weighted by atomic mass is 32.1. The summed E-state index contributed by atoms with van der Waals surface area (Å²) in [6, 6.07) is 11.6. The summed E-state index contributed by atoms with van der Waals surface area (Å²) in [5.74, 6) is -0.212. The molecule has 196 valence electrons. The molecule has 1 saturated heterocycles. The highest BCUT2D eigenvalue weighted by molar-refractivity contribution is 7.19. The molecule has 2 heterocycles. The number of carbonyl (C=O) groups excluding carboxylic acids is 2. The van der Waals surface area contributed by atoms with Gasteiger partial charge in [0, 0.05) is 12.1 Å². The fourth-order valence-electron chi connectivity index (χ4n) is 5.69. The van der Waals surface area contributed by atoms with Gasteiger partial charge in [-0.05, 0) is 69.3 Å². The largest absolute Gasteiger partial charge is 0.343 e. The van der Waals surface area contributed by atoms with E-state index in [2.05, 4.69) is 10.6 Å². The summed E-state index contributed by atoms with van der Waals surface area (Å²) in [4.78, 5) is 33.8. The van der Waals surface area contributed by atoms with Crippen LogP contribution in [0.15, 0.2) is 42.5 Å². The van der Waals surface area contributed by atoms with E-state index in [1.807, 2.05) is 30.0 Å². The summed E-state index contributed by atoms with van der Waals surface area (Å²) in [5, 5.41) is 7.02. The second-order valence-electron chi connectivity index (χ2n) is 10.3. The van der Waals surface area contributed by atoms with Crippen LogP contribution in [-0.4, -0.2) is 47.4 Å². The van der Waals surface area contributed by atoms with Crippen LogP contribution in [0.1, 0.15) is 62.9 Å². The number of hydrogen-bond acceptors (Lipinski definition) is 5. The van der Waals surface area contributed by atoms with E-state index in [0.29, 0.717) is 6.54 Å². The van der Waals surface area contributed by atoms with E-state index in [1.54, 1.807) is 30.5 Å². The van der Waals surface area contributed by atoms with Crippen LogP contribution in [0.2, 0.25) is 0 Å². The van der Waals surface area contributed by atoms with E-state index in [1.165, 1.54) is 18.6 Å². The summed E-state index contributed by atoms with van der Waals surface area (Å²) >= 11 is 1.61. The Labute approximate surface area is 221 Å². The maximum atomic E-state index is 14.0. The molecule has 2 N–H and O–H groups in total. The lowest BCUT2D eigenvalue weighted by molar-refractivity contribution is -0.139. The van der Waals surface area contributed by atoms with Crippen LogP contribution in [0.25, 0.3) is 21.3 Å². The van der Waals surface area contributed by atoms with Gasteiger partial charge in [0.2, 0.25) is 11.8 Å². The van der Waals surface area contributed by atoms with E-state index >= 15 is 0 Å². The van der Waals surface area contributed by atoms with Gasteiger partial charge >= 0.3 is 0 Å². The number of nitrogens with zero attached hydrogens (tertiary/aromatic N) is 2. The number of benzene rings is 2. The number of thiazole rings is 1. The van der Waals surface area contributed by atoms with Gasteiger partial charge in [-0.25, -0.2) is 9.37 Å². The van der Waals surface area contributed by atoms with Gasteiger partial charge in [-0.1, -0.05) is 43.5 Å². The molecule has 3 aromatic rings. The second kappa shape index (κ2) is 11.3. The number of amides is 2. The van der Waals surface area contributed by atoms with Crippen molar-refractivity contribution in [1.29, 1.82) is 0 Å². The normalized spacial score (nSPS) is 20.2. The van der Waals surface area contributed by atoms with Crippen molar-refractivity contribution in [2.75, 3.05) is 13.6 Å². The van der Waals surface area contributed by atoms with E-state index in [0.717, 1.165) is 64.9 Å². The first-order chi connectivity index (χ1) is 18.0. The SMILES string of the molecule is CN[C@@H](C)C(=O)N[C@H](C(=O)N1CCC[C@H]1c1nc2cccc(-c3ccc(F)cc3)c2s1)C1CCCCC1. The molecule has 2 aromatic carbocycles. The average molecular weight is 523 g/mol. The molecular formula is C29H35FN4O2S. The molecule has 1 aliphatic carbocycles. The van der Waals surface area contributed by atoms with Crippen LogP contribution in [0.3, 0.4) is 0 Å². The van der Waals surface area contributed by atoms with Crippen LogP contribution in [-0.2, 0) is 9.59 Å². The van der Waals surface area contributed by atoms with E-state index < -0.39 is 6.04 Å². The molecule has 0 radical (unpaired) electrons. The Bertz CT molecular complexity index is 1250. The maximum Gasteiger partial charge on any atom is 0.246 e. The summed E-state index contributed by atoms with van der Waals surface area (Å²) < 4.78 is 14.6. The van der Waals surface area contributed by atoms with Gasteiger partial charge in [0.15, 0.2) is 0 Å². The molecule has 6 nitrogen and oxygen atoms in total. The molecule has 1 aliphatic heterocycles. The quantitative estimate of drug-likeness (QED) is 0.433. The number of likely N-dealkylation sites (N-methyl/N-ethyl adjacent to an activating group) is 1. The third-order valence-electron chi connectivity index (χ3n) is 7.92. The number of nitrogens with one attached hydrogen (secondary N) is 2. The fourth-order valence-corrected chi connectivity index (χ4v) is 6.94. The van der Waals surface area contributed by atoms with Gasteiger partial charge in [0.25, 0.3) is 0 Å². The molecule has 1 saturated carbocycles. The number of halogens is 1. The number of carbonyl (C=O) groups is 2. The summed E-state index contributed by atoms with van der Waals surface area (Å²) in [6.07, 6.45) is 7.08. The first kappa shape index (κ1) is 25.8. The number of aromatic nitrogens is 1. The van der Waals surface area contributed by atoms with Crippen LogP contribution >= 0.6 is 11.3 Å². The molecule has 37 heavy (non-hydrogen) atoms. The van der Waals surface area contributed by atoms with Gasteiger partial charge in [0.05, 0.1) is 22.3 Å². The number of fused-ring (bicyclic) bond motifs is 1. The van der Waals surface area contributed by atoms with Crippen molar-refractivity contribution in [3.8, 4) is 11.1 Å². The number of hydrogen-bond donors (Lipinski definition) is 2. The Morgan fingerprint density at radius 3 is 2.54 bits per heavy atom. The Morgan fingerprint density at radius 2 is 1.81 bits per heavy atom. The molecule has 2 amide bonds. The fraction of sp³-hybridized carbons (Fsp3) is 0.483. The second-order valence-corrected chi connectivity index (χ2v) is 11.3. The predicted molar refractivity (Wildman–Crippen MR) is 146 cm³/mol. The van der Waals surface area contributed by atoms with Crippen molar-refractivity contribution in [3.63, 3.8) is 0 Å². The molecular weight excluding hydrogens is 487 g/mol. The monoisotopic (exact) mass is 522 g/mol. The molecule has 0 spiro atoms. The van der Waals surface area contributed by atoms with E-state index in [-0.39, 0.29) is 35.6 Å². The third-order valence-corrected chi connectivity index (χ3v) is 9.12. The topological polar surface area (TPSA) is 74.3 Å². The van der Waals surface area contributed by atoms with Crippen molar-refractivity contribution < 1.29 is 14.0 Å². The molecule has 2 fully saturated rings. The van der Waals surface area contributed by atoms with Crippen molar-refractivity contribution in [2.45, 2.75) is 70.0 Å². The molecule has 8 heteroatoms. The maximum absolute atomic E-state index is 14.0. The standard InChI is InChI=1S/C29H35FN4O2S/c1-18(31-2)27(35)33-25(20-8-4-3-5-9-20)29(36)34-17-7-12-24(34)28-32-23-11-6-10-22(26(23)37-28)19-13-15-21(30)16-14-19/h6,10-11,13-16,18,20,24-25,31H,3-5,7-9,12,17H2,1-2H3,(H,33,35)/t18-,24-,25-/m0/s1. The zero-order valence-electron chi connectivity index (χ0n) is 21.5. The van der Waals surface area contributed by atoms with E-state index in [4.69, 9.17) is 4.98 Å². The molecule has 5 rings (SSSR count). The first-order valence-corrected chi connectivity index (χ1v) is 14.2. The van der Waals surface area contributed by atoms with Crippen molar-refractivity contribution in [2.24, 2.45) is 5.92 Å². The lowest BCUT2D eigenvalue weighted by atomic mass is 9.83. The van der Waals surface area contributed by atoms with Gasteiger partial charge in [0.1, 0.15) is 16.9 Å². The first-order valence-electron chi connectivity index (χ1n) is 13.4. The van der Waals surface area contributed by atoms with Gasteiger partial charge in [-0.2, -0.15) is 0 Å². The average Bonchev–Trinajstić information content (AvgIpc) is 3.59. The van der Waals surface area contributed by atoms with E-state index in [9.17, 15) is 14.0 Å². The Morgan fingerprint density at radius 1 is 1.05 bits per heavy atom. The lowest BCUT2D eigenvalue weighted by Gasteiger charge is -2.35. The summed E-state index contributed by atoms with van der Waals surface area (Å²) in [7, 11) is 1.76. The smallest absolute Gasteiger partial charge is 0.246 e. The van der Waals surface area contributed by atoms with Crippen LogP contribution < -0.4 is 10.6 Å². The minimum Gasteiger partial charge on any atom is -0.343 e. The molecule has 1 aromatic heterocycles. The highest BCUT2D eigenvalue weighted by Gasteiger charge is 2.40. The number of rotatable bonds is 7. The Kier molecular flexibility index (Phi) is 7.86. The lowest BCUT2D eigenvalue weighted by Crippen LogP contribution is -2.55. The molecule has 0 bridgehead atoms.